The van der Waals surface area contributed by atoms with Crippen molar-refractivity contribution in [3.05, 3.63) is 107 Å². The van der Waals surface area contributed by atoms with Gasteiger partial charge in [-0.25, -0.2) is 4.79 Å². The van der Waals surface area contributed by atoms with Crippen LogP contribution in [-0.4, -0.2) is 31.2 Å². The minimum Gasteiger partial charge on any atom is -0.493 e. The van der Waals surface area contributed by atoms with Crippen LogP contribution in [0.1, 0.15) is 55.2 Å². The highest BCUT2D eigenvalue weighted by atomic mass is 16.5. The van der Waals surface area contributed by atoms with Crippen LogP contribution in [0.25, 0.3) is 0 Å². The number of hydrogen-bond acceptors (Lipinski definition) is 6. The number of Topliss-reactive ketones (excluding diaryl/α,β-unsaturated/α-hetero) is 1. The topological polar surface area (TPSA) is 74.2 Å². The third-order valence-corrected chi connectivity index (χ3v) is 7.50. The molecular weight excluding hydrogens is 490 g/mol. The first-order valence-electron chi connectivity index (χ1n) is 13.4. The van der Waals surface area contributed by atoms with E-state index in [1.54, 1.807) is 7.11 Å². The predicted molar refractivity (Wildman–Crippen MR) is 150 cm³/mol. The second kappa shape index (κ2) is 11.7. The van der Waals surface area contributed by atoms with Crippen LogP contribution in [0.2, 0.25) is 0 Å². The normalized spacial score (nSPS) is 20.6. The van der Waals surface area contributed by atoms with Gasteiger partial charge in [-0.3, -0.25) is 9.79 Å². The van der Waals surface area contributed by atoms with Crippen LogP contribution in [0.3, 0.4) is 0 Å². The highest BCUT2D eigenvalue weighted by Gasteiger charge is 2.46. The molecule has 1 aliphatic carbocycles. The number of carbonyl (C=O) groups is 2. The van der Waals surface area contributed by atoms with Gasteiger partial charge in [-0.1, -0.05) is 66.7 Å². The Morgan fingerprint density at radius 1 is 0.897 bits per heavy atom. The minimum absolute atomic E-state index is 0.0589. The highest BCUT2D eigenvalue weighted by Crippen LogP contribution is 2.47. The lowest BCUT2D eigenvalue weighted by molar-refractivity contribution is -0.140. The maximum atomic E-state index is 13.9. The van der Waals surface area contributed by atoms with Crippen molar-refractivity contribution in [2.24, 2.45) is 10.9 Å². The fourth-order valence-electron chi connectivity index (χ4n) is 5.72. The Bertz CT molecular complexity index is 1410. The Balaban J connectivity index is 1.55. The molecule has 0 spiro atoms. The summed E-state index contributed by atoms with van der Waals surface area (Å²) >= 11 is 0. The van der Waals surface area contributed by atoms with E-state index >= 15 is 0 Å². The molecule has 0 amide bonds. The average Bonchev–Trinajstić information content (AvgIpc) is 2.96. The molecule has 3 atom stereocenters. The van der Waals surface area contributed by atoms with Crippen LogP contribution < -0.4 is 9.47 Å². The van der Waals surface area contributed by atoms with Gasteiger partial charge in [-0.15, -0.1) is 0 Å². The van der Waals surface area contributed by atoms with Crippen LogP contribution in [0, 0.1) is 5.92 Å². The predicted octanol–water partition coefficient (Wildman–Crippen LogP) is 6.41. The van der Waals surface area contributed by atoms with Gasteiger partial charge in [-0.2, -0.15) is 0 Å². The Morgan fingerprint density at radius 2 is 1.62 bits per heavy atom. The third-order valence-electron chi connectivity index (χ3n) is 7.50. The molecule has 3 aromatic carbocycles. The summed E-state index contributed by atoms with van der Waals surface area (Å²) < 4.78 is 17.1. The van der Waals surface area contributed by atoms with E-state index in [-0.39, 0.29) is 18.3 Å². The number of ketones is 1. The molecule has 0 saturated heterocycles. The van der Waals surface area contributed by atoms with E-state index in [4.69, 9.17) is 19.2 Å². The van der Waals surface area contributed by atoms with E-state index in [0.29, 0.717) is 42.2 Å². The number of fused-ring (bicyclic) bond motifs is 1. The van der Waals surface area contributed by atoms with Crippen LogP contribution in [-0.2, 0) is 20.9 Å². The second-order valence-corrected chi connectivity index (χ2v) is 9.94. The Hall–Kier alpha value is -4.19. The maximum absolute atomic E-state index is 13.9. The van der Waals surface area contributed by atoms with E-state index < -0.39 is 17.8 Å². The smallest absolute Gasteiger partial charge is 0.336 e. The van der Waals surface area contributed by atoms with Crippen molar-refractivity contribution in [3.8, 4) is 11.5 Å². The number of benzene rings is 3. The molecule has 1 fully saturated rings. The Kier molecular flexibility index (Phi) is 7.92. The van der Waals surface area contributed by atoms with Gasteiger partial charge >= 0.3 is 5.97 Å². The standard InChI is InChI=1S/C33H33NO5/c1-4-38-28-16-15-24(19-29(28)37-3)31-30(33(36)39-20-22-11-7-5-8-12-22)21(2)34-26-17-25(18-27(35)32(26)31)23-13-9-6-10-14-23/h5-16,19,25,31-32H,4,17-18,20H2,1-3H3/t25-,31+,32?/m1/s1. The Labute approximate surface area is 229 Å². The van der Waals surface area contributed by atoms with Gasteiger partial charge in [0.15, 0.2) is 11.5 Å². The SMILES string of the molecule is CCOc1ccc([C@H]2C(C(=O)OCc3ccccc3)=C(C)N=C3C[C@@H](c4ccccc4)CC(=O)C32)cc1OC. The zero-order valence-corrected chi connectivity index (χ0v) is 22.6. The summed E-state index contributed by atoms with van der Waals surface area (Å²) in [5.74, 6) is -0.240. The van der Waals surface area contributed by atoms with E-state index in [1.807, 2.05) is 80.6 Å². The number of ether oxygens (including phenoxy) is 3. The summed E-state index contributed by atoms with van der Waals surface area (Å²) in [6.45, 7) is 4.38. The molecule has 1 heterocycles. The molecule has 3 aromatic rings. The van der Waals surface area contributed by atoms with E-state index in [0.717, 1.165) is 22.4 Å². The van der Waals surface area contributed by atoms with Crippen molar-refractivity contribution in [1.29, 1.82) is 0 Å². The summed E-state index contributed by atoms with van der Waals surface area (Å²) in [6, 6.07) is 25.3. The van der Waals surface area contributed by atoms with Gasteiger partial charge in [0.25, 0.3) is 0 Å². The summed E-state index contributed by atoms with van der Waals surface area (Å²) in [5.41, 5.74) is 4.63. The lowest BCUT2D eigenvalue weighted by atomic mass is 9.66. The van der Waals surface area contributed by atoms with Crippen molar-refractivity contribution >= 4 is 17.5 Å². The van der Waals surface area contributed by atoms with E-state index in [9.17, 15) is 9.59 Å². The number of allylic oxidation sites excluding steroid dienone is 1. The fraction of sp³-hybridized carbons (Fsp3) is 0.303. The monoisotopic (exact) mass is 523 g/mol. The first-order chi connectivity index (χ1) is 19.0. The zero-order valence-electron chi connectivity index (χ0n) is 22.6. The van der Waals surface area contributed by atoms with Gasteiger partial charge in [0.2, 0.25) is 0 Å². The second-order valence-electron chi connectivity index (χ2n) is 9.94. The molecule has 0 N–H and O–H groups in total. The summed E-state index contributed by atoms with van der Waals surface area (Å²) in [6.07, 6.45) is 1.05. The number of nitrogens with zero attached hydrogens (tertiary/aromatic N) is 1. The van der Waals surface area contributed by atoms with Gasteiger partial charge in [0, 0.05) is 23.7 Å². The molecule has 1 aliphatic heterocycles. The number of hydrogen-bond donors (Lipinski definition) is 0. The molecule has 0 aromatic heterocycles. The van der Waals surface area contributed by atoms with E-state index in [1.165, 1.54) is 0 Å². The minimum atomic E-state index is -0.546. The first-order valence-corrected chi connectivity index (χ1v) is 13.4. The molecule has 1 unspecified atom stereocenters. The molecule has 5 rings (SSSR count). The average molecular weight is 524 g/mol. The lowest BCUT2D eigenvalue weighted by Gasteiger charge is -2.38. The van der Waals surface area contributed by atoms with Crippen molar-refractivity contribution in [2.45, 2.75) is 45.1 Å². The van der Waals surface area contributed by atoms with Crippen LogP contribution in [0.15, 0.2) is 95.1 Å². The van der Waals surface area contributed by atoms with Gasteiger partial charge in [-0.05, 0) is 55.0 Å². The summed E-state index contributed by atoms with van der Waals surface area (Å²) in [5, 5.41) is 0. The van der Waals surface area contributed by atoms with E-state index in [2.05, 4.69) is 12.1 Å². The van der Waals surface area contributed by atoms with Crippen molar-refractivity contribution < 1.29 is 23.8 Å². The number of aliphatic imine (C=N–C) groups is 1. The Morgan fingerprint density at radius 3 is 2.31 bits per heavy atom. The van der Waals surface area contributed by atoms with Crippen molar-refractivity contribution in [1.82, 2.24) is 0 Å². The highest BCUT2D eigenvalue weighted by molar-refractivity contribution is 6.12. The molecule has 0 bridgehead atoms. The van der Waals surface area contributed by atoms with Gasteiger partial charge in [0.05, 0.1) is 25.2 Å². The van der Waals surface area contributed by atoms with Crippen LogP contribution in [0.4, 0.5) is 0 Å². The summed E-state index contributed by atoms with van der Waals surface area (Å²) in [4.78, 5) is 32.4. The molecule has 2 aliphatic rings. The third kappa shape index (κ3) is 5.51. The number of methoxy groups -OCH3 is 1. The molecule has 0 radical (unpaired) electrons. The molecule has 6 heteroatoms. The number of rotatable bonds is 8. The molecular formula is C33H33NO5. The molecule has 1 saturated carbocycles. The maximum Gasteiger partial charge on any atom is 0.336 e. The summed E-state index contributed by atoms with van der Waals surface area (Å²) in [7, 11) is 1.59. The van der Waals surface area contributed by atoms with Crippen LogP contribution >= 0.6 is 0 Å². The first kappa shape index (κ1) is 26.4. The number of carbonyl (C=O) groups excluding carboxylic acids is 2. The zero-order chi connectivity index (χ0) is 27.4. The molecule has 39 heavy (non-hydrogen) atoms. The molecule has 6 nitrogen and oxygen atoms in total. The quantitative estimate of drug-likeness (QED) is 0.319. The number of esters is 1. The van der Waals surface area contributed by atoms with Crippen LogP contribution in [0.5, 0.6) is 11.5 Å². The largest absolute Gasteiger partial charge is 0.493 e. The van der Waals surface area contributed by atoms with Gasteiger partial charge in [0.1, 0.15) is 12.4 Å². The van der Waals surface area contributed by atoms with Crippen molar-refractivity contribution in [3.63, 3.8) is 0 Å². The lowest BCUT2D eigenvalue weighted by Crippen LogP contribution is -2.41. The molecule has 200 valence electrons. The van der Waals surface area contributed by atoms with Gasteiger partial charge < -0.3 is 14.2 Å². The van der Waals surface area contributed by atoms with Crippen molar-refractivity contribution in [2.75, 3.05) is 13.7 Å². The fourth-order valence-corrected chi connectivity index (χ4v) is 5.72.